The van der Waals surface area contributed by atoms with Gasteiger partial charge in [-0.15, -0.1) is 0 Å². The number of ether oxygens (including phenoxy) is 1. The van der Waals surface area contributed by atoms with Gasteiger partial charge in [-0.1, -0.05) is 49.6 Å². The molecule has 2 N–H and O–H groups in total. The van der Waals surface area contributed by atoms with E-state index in [1.165, 1.54) is 37.7 Å². The molecule has 162 valence electrons. The Hall–Kier alpha value is -2.60. The summed E-state index contributed by atoms with van der Waals surface area (Å²) in [7, 11) is 1.79. The Kier molecular flexibility index (Phi) is 8.97. The summed E-state index contributed by atoms with van der Waals surface area (Å²) < 4.78 is 7.67. The van der Waals surface area contributed by atoms with Crippen LogP contribution in [0.2, 0.25) is 0 Å². The van der Waals surface area contributed by atoms with E-state index in [1.54, 1.807) is 23.7 Å². The van der Waals surface area contributed by atoms with Crippen LogP contribution in [-0.4, -0.2) is 36.8 Å². The van der Waals surface area contributed by atoms with Gasteiger partial charge in [-0.05, 0) is 36.5 Å². The monoisotopic (exact) mass is 410 g/mol. The molecule has 30 heavy (non-hydrogen) atoms. The Morgan fingerprint density at radius 2 is 1.83 bits per heavy atom. The van der Waals surface area contributed by atoms with Crippen molar-refractivity contribution in [3.63, 3.8) is 0 Å². The van der Waals surface area contributed by atoms with Crippen LogP contribution >= 0.6 is 0 Å². The van der Waals surface area contributed by atoms with E-state index < -0.39 is 0 Å². The average Bonchev–Trinajstić information content (AvgIpc) is 2.79. The van der Waals surface area contributed by atoms with Crippen molar-refractivity contribution in [2.24, 2.45) is 4.99 Å². The van der Waals surface area contributed by atoms with Gasteiger partial charge in [0.25, 0.3) is 5.56 Å². The molecule has 0 unspecified atom stereocenters. The van der Waals surface area contributed by atoms with Crippen LogP contribution in [0.15, 0.2) is 58.4 Å². The number of aromatic nitrogens is 1. The summed E-state index contributed by atoms with van der Waals surface area (Å²) >= 11 is 0. The summed E-state index contributed by atoms with van der Waals surface area (Å²) in [5, 5.41) is 6.70. The van der Waals surface area contributed by atoms with Gasteiger partial charge in [0.05, 0.1) is 12.6 Å². The molecule has 0 atom stereocenters. The number of nitrogens with one attached hydrogen (secondary N) is 2. The zero-order valence-electron chi connectivity index (χ0n) is 18.0. The normalized spacial score (nSPS) is 15.2. The van der Waals surface area contributed by atoms with Gasteiger partial charge in [0.2, 0.25) is 0 Å². The third-order valence-corrected chi connectivity index (χ3v) is 5.48. The molecule has 1 saturated carbocycles. The Labute approximate surface area is 179 Å². The highest BCUT2D eigenvalue weighted by molar-refractivity contribution is 5.79. The van der Waals surface area contributed by atoms with Crippen LogP contribution in [-0.2, 0) is 17.8 Å². The third kappa shape index (κ3) is 7.34. The first-order valence-corrected chi connectivity index (χ1v) is 11.0. The van der Waals surface area contributed by atoms with E-state index in [0.29, 0.717) is 19.2 Å². The lowest BCUT2D eigenvalue weighted by molar-refractivity contribution is 0.0277. The molecule has 1 heterocycles. The van der Waals surface area contributed by atoms with Crippen molar-refractivity contribution in [1.29, 1.82) is 0 Å². The molecule has 0 amide bonds. The van der Waals surface area contributed by atoms with Crippen molar-refractivity contribution in [1.82, 2.24) is 15.2 Å². The molecule has 1 aromatic carbocycles. The van der Waals surface area contributed by atoms with E-state index >= 15 is 0 Å². The molecular weight excluding hydrogens is 376 g/mol. The van der Waals surface area contributed by atoms with E-state index in [2.05, 4.69) is 39.9 Å². The maximum absolute atomic E-state index is 11.8. The summed E-state index contributed by atoms with van der Waals surface area (Å²) in [6.07, 6.45) is 9.68. The number of hydrogen-bond acceptors (Lipinski definition) is 3. The lowest BCUT2D eigenvalue weighted by Crippen LogP contribution is -2.37. The molecule has 1 aromatic heterocycles. The smallest absolute Gasteiger partial charge is 0.250 e. The molecule has 1 fully saturated rings. The van der Waals surface area contributed by atoms with E-state index in [4.69, 9.17) is 4.74 Å². The molecule has 0 spiro atoms. The minimum absolute atomic E-state index is 0.0160. The maximum atomic E-state index is 11.8. The maximum Gasteiger partial charge on any atom is 0.250 e. The van der Waals surface area contributed by atoms with Gasteiger partial charge in [0.1, 0.15) is 0 Å². The lowest BCUT2D eigenvalue weighted by atomic mass is 9.98. The van der Waals surface area contributed by atoms with Crippen LogP contribution in [0, 0.1) is 0 Å². The zero-order valence-corrected chi connectivity index (χ0v) is 18.0. The van der Waals surface area contributed by atoms with Gasteiger partial charge in [-0.2, -0.15) is 0 Å². The SMILES string of the molecule is CN=C(NCCCOC1CCCCC1)NCc1ccc(Cn2ccccc2=O)cc1. The molecule has 0 aliphatic heterocycles. The average molecular weight is 411 g/mol. The molecule has 2 aromatic rings. The molecular formula is C24H34N4O2. The molecule has 0 bridgehead atoms. The number of benzene rings is 1. The fourth-order valence-electron chi connectivity index (χ4n) is 3.72. The highest BCUT2D eigenvalue weighted by Gasteiger charge is 2.12. The Morgan fingerprint density at radius 1 is 1.07 bits per heavy atom. The second-order valence-corrected chi connectivity index (χ2v) is 7.82. The van der Waals surface area contributed by atoms with Crippen LogP contribution in [0.4, 0.5) is 0 Å². The standard InChI is InChI=1S/C24H34N4O2/c1-25-24(26-15-7-17-30-22-8-3-2-4-9-22)27-18-20-11-13-21(14-12-20)19-28-16-6-5-10-23(28)29/h5-6,10-14,16,22H,2-4,7-9,15,17-19H2,1H3,(H2,25,26,27). The highest BCUT2D eigenvalue weighted by Crippen LogP contribution is 2.20. The van der Waals surface area contributed by atoms with Crippen molar-refractivity contribution >= 4 is 5.96 Å². The first kappa shape index (κ1) is 22.1. The molecule has 1 aliphatic rings. The second-order valence-electron chi connectivity index (χ2n) is 7.82. The van der Waals surface area contributed by atoms with E-state index in [0.717, 1.165) is 31.1 Å². The van der Waals surface area contributed by atoms with Crippen molar-refractivity contribution in [2.75, 3.05) is 20.2 Å². The Bertz CT molecular complexity index is 839. The third-order valence-electron chi connectivity index (χ3n) is 5.48. The minimum atomic E-state index is 0.0160. The van der Waals surface area contributed by atoms with E-state index in [-0.39, 0.29) is 5.56 Å². The van der Waals surface area contributed by atoms with Gasteiger partial charge >= 0.3 is 0 Å². The van der Waals surface area contributed by atoms with Gasteiger partial charge in [0.15, 0.2) is 5.96 Å². The fourth-order valence-corrected chi connectivity index (χ4v) is 3.72. The molecule has 3 rings (SSSR count). The van der Waals surface area contributed by atoms with Gasteiger partial charge in [-0.3, -0.25) is 9.79 Å². The molecule has 6 nitrogen and oxygen atoms in total. The molecule has 6 heteroatoms. The van der Waals surface area contributed by atoms with Crippen LogP contribution in [0.25, 0.3) is 0 Å². The zero-order chi connectivity index (χ0) is 21.0. The summed E-state index contributed by atoms with van der Waals surface area (Å²) in [6, 6.07) is 13.5. The Morgan fingerprint density at radius 3 is 2.57 bits per heavy atom. The summed E-state index contributed by atoms with van der Waals surface area (Å²) in [5.41, 5.74) is 2.29. The quantitative estimate of drug-likeness (QED) is 0.378. The van der Waals surface area contributed by atoms with Crippen molar-refractivity contribution in [2.45, 2.75) is 57.7 Å². The number of rotatable bonds is 9. The van der Waals surface area contributed by atoms with Gasteiger partial charge < -0.3 is 19.9 Å². The van der Waals surface area contributed by atoms with Gasteiger partial charge in [0, 0.05) is 39.0 Å². The largest absolute Gasteiger partial charge is 0.378 e. The molecule has 1 aliphatic carbocycles. The summed E-state index contributed by atoms with van der Waals surface area (Å²) in [5.74, 6) is 0.799. The van der Waals surface area contributed by atoms with E-state index in [1.807, 2.05) is 12.3 Å². The number of aliphatic imine (C=N–C) groups is 1. The van der Waals surface area contributed by atoms with Crippen LogP contribution < -0.4 is 16.2 Å². The number of pyridine rings is 1. The van der Waals surface area contributed by atoms with Crippen molar-refractivity contribution < 1.29 is 4.74 Å². The number of nitrogens with zero attached hydrogens (tertiary/aromatic N) is 2. The lowest BCUT2D eigenvalue weighted by Gasteiger charge is -2.22. The predicted octanol–water partition coefficient (Wildman–Crippen LogP) is 3.30. The fraction of sp³-hybridized carbons (Fsp3) is 0.500. The minimum Gasteiger partial charge on any atom is -0.378 e. The first-order valence-electron chi connectivity index (χ1n) is 11.0. The first-order chi connectivity index (χ1) is 14.7. The van der Waals surface area contributed by atoms with Crippen LogP contribution in [0.1, 0.15) is 49.7 Å². The number of guanidine groups is 1. The second kappa shape index (κ2) is 12.2. The van der Waals surface area contributed by atoms with Gasteiger partial charge in [-0.25, -0.2) is 0 Å². The number of hydrogen-bond donors (Lipinski definition) is 2. The van der Waals surface area contributed by atoms with Crippen LogP contribution in [0.3, 0.4) is 0 Å². The van der Waals surface area contributed by atoms with Crippen LogP contribution in [0.5, 0.6) is 0 Å². The Balaban J connectivity index is 1.35. The predicted molar refractivity (Wildman–Crippen MR) is 122 cm³/mol. The molecule has 0 radical (unpaired) electrons. The van der Waals surface area contributed by atoms with Crippen molar-refractivity contribution in [3.8, 4) is 0 Å². The van der Waals surface area contributed by atoms with Crippen molar-refractivity contribution in [3.05, 3.63) is 70.1 Å². The summed E-state index contributed by atoms with van der Waals surface area (Å²) in [6.45, 7) is 2.93. The summed E-state index contributed by atoms with van der Waals surface area (Å²) in [4.78, 5) is 16.1. The highest BCUT2D eigenvalue weighted by atomic mass is 16.5. The molecule has 0 saturated heterocycles. The topological polar surface area (TPSA) is 67.7 Å². The van der Waals surface area contributed by atoms with E-state index in [9.17, 15) is 4.79 Å².